The molecule has 1 aromatic rings. The fourth-order valence-corrected chi connectivity index (χ4v) is 1.38. The second-order valence-corrected chi connectivity index (χ2v) is 4.59. The van der Waals surface area contributed by atoms with Gasteiger partial charge in [-0.15, -0.1) is 0 Å². The normalized spacial score (nSPS) is 12.5. The molecule has 0 bridgehead atoms. The number of nitrogens with two attached hydrogens (primary N) is 1. The van der Waals surface area contributed by atoms with E-state index in [9.17, 15) is 0 Å². The van der Waals surface area contributed by atoms with Crippen LogP contribution < -0.4 is 5.73 Å². The second-order valence-electron chi connectivity index (χ2n) is 4.59. The van der Waals surface area contributed by atoms with E-state index in [-0.39, 0.29) is 5.54 Å². The Morgan fingerprint density at radius 1 is 1.54 bits per heavy atom. The molecule has 0 amide bonds. The van der Waals surface area contributed by atoms with Gasteiger partial charge in [0.2, 0.25) is 0 Å². The summed E-state index contributed by atoms with van der Waals surface area (Å²) >= 11 is 0. The Kier molecular flexibility index (Phi) is 2.76. The van der Waals surface area contributed by atoms with Crippen LogP contribution in [-0.4, -0.2) is 15.1 Å². The van der Waals surface area contributed by atoms with Crippen LogP contribution in [0, 0.1) is 0 Å². The maximum absolute atomic E-state index is 5.95. The van der Waals surface area contributed by atoms with Crippen molar-refractivity contribution in [3.63, 3.8) is 0 Å². The number of aromatic nitrogens is 2. The van der Waals surface area contributed by atoms with E-state index in [1.54, 1.807) is 0 Å². The summed E-state index contributed by atoms with van der Waals surface area (Å²) in [6, 6.07) is 0. The van der Waals surface area contributed by atoms with E-state index in [0.29, 0.717) is 5.92 Å². The SMILES string of the molecule is CC(C)c1cncn1CC(C)(C)N. The van der Waals surface area contributed by atoms with Gasteiger partial charge in [0.1, 0.15) is 0 Å². The van der Waals surface area contributed by atoms with Crippen LogP contribution in [0.3, 0.4) is 0 Å². The lowest BCUT2D eigenvalue weighted by Gasteiger charge is -2.21. The van der Waals surface area contributed by atoms with E-state index in [1.807, 2.05) is 26.4 Å². The highest BCUT2D eigenvalue weighted by Crippen LogP contribution is 2.15. The van der Waals surface area contributed by atoms with Crippen LogP contribution in [0.1, 0.15) is 39.3 Å². The van der Waals surface area contributed by atoms with Crippen molar-refractivity contribution < 1.29 is 0 Å². The number of rotatable bonds is 3. The Balaban J connectivity index is 2.83. The van der Waals surface area contributed by atoms with Crippen LogP contribution in [0.25, 0.3) is 0 Å². The maximum Gasteiger partial charge on any atom is 0.0948 e. The van der Waals surface area contributed by atoms with Crippen LogP contribution in [0.15, 0.2) is 12.5 Å². The minimum Gasteiger partial charge on any atom is -0.333 e. The molecule has 13 heavy (non-hydrogen) atoms. The summed E-state index contributed by atoms with van der Waals surface area (Å²) in [6.45, 7) is 9.20. The highest BCUT2D eigenvalue weighted by atomic mass is 15.1. The molecule has 0 radical (unpaired) electrons. The van der Waals surface area contributed by atoms with Crippen molar-refractivity contribution in [2.45, 2.75) is 45.7 Å². The van der Waals surface area contributed by atoms with Gasteiger partial charge in [-0.05, 0) is 19.8 Å². The van der Waals surface area contributed by atoms with Gasteiger partial charge in [-0.1, -0.05) is 13.8 Å². The number of hydrogen-bond acceptors (Lipinski definition) is 2. The average Bonchev–Trinajstić information content (AvgIpc) is 2.31. The molecule has 0 aromatic carbocycles. The van der Waals surface area contributed by atoms with Crippen LogP contribution in [0.2, 0.25) is 0 Å². The molecule has 0 spiro atoms. The Morgan fingerprint density at radius 2 is 2.15 bits per heavy atom. The molecule has 0 fully saturated rings. The zero-order valence-electron chi connectivity index (χ0n) is 8.91. The number of hydrogen-bond donors (Lipinski definition) is 1. The van der Waals surface area contributed by atoms with Gasteiger partial charge in [0, 0.05) is 24.0 Å². The third kappa shape index (κ3) is 2.84. The Morgan fingerprint density at radius 3 is 2.62 bits per heavy atom. The van der Waals surface area contributed by atoms with Gasteiger partial charge in [-0.3, -0.25) is 0 Å². The van der Waals surface area contributed by atoms with Crippen LogP contribution in [-0.2, 0) is 6.54 Å². The number of nitrogens with zero attached hydrogens (tertiary/aromatic N) is 2. The van der Waals surface area contributed by atoms with Crippen molar-refractivity contribution in [2.75, 3.05) is 0 Å². The fraction of sp³-hybridized carbons (Fsp3) is 0.700. The van der Waals surface area contributed by atoms with Crippen molar-refractivity contribution in [1.82, 2.24) is 9.55 Å². The first kappa shape index (κ1) is 10.3. The monoisotopic (exact) mass is 181 g/mol. The van der Waals surface area contributed by atoms with Gasteiger partial charge in [0.15, 0.2) is 0 Å². The van der Waals surface area contributed by atoms with Gasteiger partial charge in [0.25, 0.3) is 0 Å². The highest BCUT2D eigenvalue weighted by Gasteiger charge is 2.14. The van der Waals surface area contributed by atoms with Gasteiger partial charge >= 0.3 is 0 Å². The average molecular weight is 181 g/mol. The summed E-state index contributed by atoms with van der Waals surface area (Å²) in [5.74, 6) is 0.504. The second kappa shape index (κ2) is 3.50. The molecular formula is C10H19N3. The Hall–Kier alpha value is -0.830. The Bertz CT molecular complexity index is 268. The minimum absolute atomic E-state index is 0.176. The van der Waals surface area contributed by atoms with E-state index >= 15 is 0 Å². The largest absolute Gasteiger partial charge is 0.333 e. The van der Waals surface area contributed by atoms with Gasteiger partial charge < -0.3 is 10.3 Å². The molecule has 0 unspecified atom stereocenters. The fourth-order valence-electron chi connectivity index (χ4n) is 1.38. The third-order valence-corrected chi connectivity index (χ3v) is 1.91. The summed E-state index contributed by atoms with van der Waals surface area (Å²) in [4.78, 5) is 4.13. The predicted octanol–water partition coefficient (Wildman–Crippen LogP) is 1.74. The summed E-state index contributed by atoms with van der Waals surface area (Å²) in [7, 11) is 0. The first-order valence-electron chi connectivity index (χ1n) is 4.69. The van der Waals surface area contributed by atoms with E-state index in [0.717, 1.165) is 6.54 Å². The summed E-state index contributed by atoms with van der Waals surface area (Å²) < 4.78 is 2.13. The maximum atomic E-state index is 5.95. The first-order valence-corrected chi connectivity index (χ1v) is 4.69. The van der Waals surface area contributed by atoms with Crippen molar-refractivity contribution in [1.29, 1.82) is 0 Å². The summed E-state index contributed by atoms with van der Waals surface area (Å²) in [5.41, 5.74) is 7.02. The molecule has 0 saturated heterocycles. The van der Waals surface area contributed by atoms with Crippen LogP contribution >= 0.6 is 0 Å². The molecule has 1 heterocycles. The van der Waals surface area contributed by atoms with Crippen molar-refractivity contribution in [2.24, 2.45) is 5.73 Å². The molecule has 1 rings (SSSR count). The van der Waals surface area contributed by atoms with Crippen molar-refractivity contribution in [3.05, 3.63) is 18.2 Å². The molecule has 0 aliphatic heterocycles. The van der Waals surface area contributed by atoms with Crippen LogP contribution in [0.5, 0.6) is 0 Å². The summed E-state index contributed by atoms with van der Waals surface area (Å²) in [5, 5.41) is 0. The molecule has 3 heteroatoms. The van der Waals surface area contributed by atoms with Crippen molar-refractivity contribution in [3.8, 4) is 0 Å². The Labute approximate surface area is 80.0 Å². The molecule has 2 N–H and O–H groups in total. The van der Waals surface area contributed by atoms with E-state index in [1.165, 1.54) is 5.69 Å². The molecule has 0 atom stereocenters. The van der Waals surface area contributed by atoms with Crippen LogP contribution in [0.4, 0.5) is 0 Å². The standard InChI is InChI=1S/C10H19N3/c1-8(2)9-5-12-7-13(9)6-10(3,4)11/h5,7-8H,6,11H2,1-4H3. The lowest BCUT2D eigenvalue weighted by atomic mass is 10.1. The molecule has 74 valence electrons. The van der Waals surface area contributed by atoms with E-state index < -0.39 is 0 Å². The molecule has 1 aromatic heterocycles. The lowest BCUT2D eigenvalue weighted by Crippen LogP contribution is -2.37. The quantitative estimate of drug-likeness (QED) is 0.772. The van der Waals surface area contributed by atoms with Crippen molar-refractivity contribution >= 4 is 0 Å². The zero-order chi connectivity index (χ0) is 10.1. The predicted molar refractivity (Wildman–Crippen MR) is 54.6 cm³/mol. The number of imidazole rings is 1. The first-order chi connectivity index (χ1) is 5.90. The molecule has 0 aliphatic carbocycles. The van der Waals surface area contributed by atoms with Gasteiger partial charge in [-0.2, -0.15) is 0 Å². The van der Waals surface area contributed by atoms with E-state index in [4.69, 9.17) is 5.73 Å². The lowest BCUT2D eigenvalue weighted by molar-refractivity contribution is 0.423. The highest BCUT2D eigenvalue weighted by molar-refractivity contribution is 5.04. The topological polar surface area (TPSA) is 43.8 Å². The molecule has 0 saturated carbocycles. The molecule has 3 nitrogen and oxygen atoms in total. The molecule has 0 aliphatic rings. The zero-order valence-corrected chi connectivity index (χ0v) is 8.91. The summed E-state index contributed by atoms with van der Waals surface area (Å²) in [6.07, 6.45) is 3.76. The van der Waals surface area contributed by atoms with Gasteiger partial charge in [0.05, 0.1) is 6.33 Å². The minimum atomic E-state index is -0.176. The molecular weight excluding hydrogens is 162 g/mol. The van der Waals surface area contributed by atoms with E-state index in [2.05, 4.69) is 23.4 Å². The smallest absolute Gasteiger partial charge is 0.0948 e. The van der Waals surface area contributed by atoms with Gasteiger partial charge in [-0.25, -0.2) is 4.98 Å². The third-order valence-electron chi connectivity index (χ3n) is 1.91.